The van der Waals surface area contributed by atoms with Gasteiger partial charge in [0.15, 0.2) is 0 Å². The standard InChI is InChI=1S/C14H26N2O3S/c1-10(2)19-7-6-12(17)16-9-20-8-11(16)13(18)15-14(3,4)5/h10-11H,6-9H2,1-5H3,(H,15,18)/t11-/m0/s1. The summed E-state index contributed by atoms with van der Waals surface area (Å²) >= 11 is 1.62. The zero-order valence-electron chi connectivity index (χ0n) is 13.1. The molecule has 2 amide bonds. The van der Waals surface area contributed by atoms with Crippen molar-refractivity contribution in [3.63, 3.8) is 0 Å². The minimum atomic E-state index is -0.356. The molecule has 0 spiro atoms. The Hall–Kier alpha value is -0.750. The number of hydrogen-bond donors (Lipinski definition) is 1. The number of ether oxygens (including phenoxy) is 1. The molecule has 1 N–H and O–H groups in total. The maximum Gasteiger partial charge on any atom is 0.244 e. The maximum atomic E-state index is 12.2. The minimum absolute atomic E-state index is 0.00953. The fourth-order valence-electron chi connectivity index (χ4n) is 1.88. The van der Waals surface area contributed by atoms with Crippen LogP contribution in [0.25, 0.3) is 0 Å². The number of rotatable bonds is 5. The average molecular weight is 302 g/mol. The lowest BCUT2D eigenvalue weighted by atomic mass is 10.1. The largest absolute Gasteiger partial charge is 0.378 e. The summed E-state index contributed by atoms with van der Waals surface area (Å²) in [5.74, 6) is 1.17. The van der Waals surface area contributed by atoms with Crippen LogP contribution in [0.4, 0.5) is 0 Å². The summed E-state index contributed by atoms with van der Waals surface area (Å²) in [6.07, 6.45) is 0.452. The van der Waals surface area contributed by atoms with Crippen molar-refractivity contribution >= 4 is 23.6 Å². The van der Waals surface area contributed by atoms with Crippen molar-refractivity contribution in [2.45, 2.75) is 58.7 Å². The van der Waals surface area contributed by atoms with Crippen molar-refractivity contribution in [1.29, 1.82) is 0 Å². The Bertz CT molecular complexity index is 353. The SMILES string of the molecule is CC(C)OCCC(=O)N1CSC[C@H]1C(=O)NC(C)(C)C. The molecule has 5 nitrogen and oxygen atoms in total. The first-order valence-corrected chi connectivity index (χ1v) is 8.17. The quantitative estimate of drug-likeness (QED) is 0.838. The predicted molar refractivity (Wildman–Crippen MR) is 81.6 cm³/mol. The highest BCUT2D eigenvalue weighted by molar-refractivity contribution is 7.99. The lowest BCUT2D eigenvalue weighted by Gasteiger charge is -2.27. The van der Waals surface area contributed by atoms with Crippen LogP contribution in [0.15, 0.2) is 0 Å². The summed E-state index contributed by atoms with van der Waals surface area (Å²) in [7, 11) is 0. The summed E-state index contributed by atoms with van der Waals surface area (Å²) in [5.41, 5.74) is -0.278. The number of hydrogen-bond acceptors (Lipinski definition) is 4. The summed E-state index contributed by atoms with van der Waals surface area (Å²) in [4.78, 5) is 26.0. The topological polar surface area (TPSA) is 58.6 Å². The molecule has 1 atom stereocenters. The second kappa shape index (κ2) is 7.31. The van der Waals surface area contributed by atoms with Gasteiger partial charge in [0.2, 0.25) is 11.8 Å². The normalized spacial score (nSPS) is 19.5. The van der Waals surface area contributed by atoms with Gasteiger partial charge in [0.25, 0.3) is 0 Å². The molecule has 1 aliphatic rings. The van der Waals surface area contributed by atoms with E-state index in [9.17, 15) is 9.59 Å². The van der Waals surface area contributed by atoms with Gasteiger partial charge < -0.3 is 15.0 Å². The molecule has 1 fully saturated rings. The first kappa shape index (κ1) is 17.3. The molecule has 0 unspecified atom stereocenters. The number of nitrogens with one attached hydrogen (secondary N) is 1. The van der Waals surface area contributed by atoms with E-state index in [-0.39, 0.29) is 29.5 Å². The highest BCUT2D eigenvalue weighted by Gasteiger charge is 2.35. The summed E-state index contributed by atoms with van der Waals surface area (Å²) in [6, 6.07) is -0.356. The first-order valence-electron chi connectivity index (χ1n) is 7.01. The fraction of sp³-hybridized carbons (Fsp3) is 0.857. The number of amides is 2. The van der Waals surface area contributed by atoms with Crippen LogP contribution < -0.4 is 5.32 Å². The molecule has 0 aromatic rings. The summed E-state index contributed by atoms with van der Waals surface area (Å²) in [5, 5.41) is 2.94. The van der Waals surface area contributed by atoms with E-state index in [0.717, 1.165) is 0 Å². The van der Waals surface area contributed by atoms with Crippen molar-refractivity contribution in [2.75, 3.05) is 18.2 Å². The lowest BCUT2D eigenvalue weighted by Crippen LogP contribution is -2.52. The predicted octanol–water partition coefficient (Wildman–Crippen LogP) is 1.62. The van der Waals surface area contributed by atoms with E-state index in [4.69, 9.17) is 4.74 Å². The molecule has 0 radical (unpaired) electrons. The Morgan fingerprint density at radius 3 is 2.60 bits per heavy atom. The van der Waals surface area contributed by atoms with Gasteiger partial charge in [-0.15, -0.1) is 11.8 Å². The minimum Gasteiger partial charge on any atom is -0.378 e. The maximum absolute atomic E-state index is 12.2. The molecular weight excluding hydrogens is 276 g/mol. The van der Waals surface area contributed by atoms with Gasteiger partial charge in [-0.2, -0.15) is 0 Å². The second-order valence-electron chi connectivity index (χ2n) is 6.29. The van der Waals surface area contributed by atoms with E-state index < -0.39 is 0 Å². The third-order valence-corrected chi connectivity index (χ3v) is 3.78. The molecule has 0 aliphatic carbocycles. The highest BCUT2D eigenvalue weighted by atomic mass is 32.2. The Morgan fingerprint density at radius 1 is 1.40 bits per heavy atom. The number of nitrogens with zero attached hydrogens (tertiary/aromatic N) is 1. The Balaban J connectivity index is 2.51. The van der Waals surface area contributed by atoms with E-state index in [1.54, 1.807) is 16.7 Å². The number of carbonyl (C=O) groups is 2. The Kier molecular flexibility index (Phi) is 6.33. The third kappa shape index (κ3) is 5.71. The average Bonchev–Trinajstić information content (AvgIpc) is 2.74. The zero-order chi connectivity index (χ0) is 15.3. The van der Waals surface area contributed by atoms with Crippen molar-refractivity contribution < 1.29 is 14.3 Å². The summed E-state index contributed by atoms with van der Waals surface area (Å²) < 4.78 is 5.39. The van der Waals surface area contributed by atoms with Crippen molar-refractivity contribution in [1.82, 2.24) is 10.2 Å². The van der Waals surface area contributed by atoms with Crippen LogP contribution in [-0.2, 0) is 14.3 Å². The van der Waals surface area contributed by atoms with Gasteiger partial charge in [-0.05, 0) is 34.6 Å². The van der Waals surface area contributed by atoms with Crippen LogP contribution in [0.3, 0.4) is 0 Å². The van der Waals surface area contributed by atoms with Gasteiger partial charge in [-0.1, -0.05) is 0 Å². The molecule has 6 heteroatoms. The zero-order valence-corrected chi connectivity index (χ0v) is 13.9. The second-order valence-corrected chi connectivity index (χ2v) is 7.29. The van der Waals surface area contributed by atoms with Gasteiger partial charge in [0.1, 0.15) is 6.04 Å². The molecule has 1 saturated heterocycles. The third-order valence-electron chi connectivity index (χ3n) is 2.77. The van der Waals surface area contributed by atoms with Gasteiger partial charge in [0, 0.05) is 11.3 Å². The molecule has 0 bridgehead atoms. The number of carbonyl (C=O) groups excluding carboxylic acids is 2. The smallest absolute Gasteiger partial charge is 0.244 e. The van der Waals surface area contributed by atoms with Gasteiger partial charge in [-0.3, -0.25) is 9.59 Å². The Labute approximate surface area is 125 Å². The lowest BCUT2D eigenvalue weighted by molar-refractivity contribution is -0.139. The first-order chi connectivity index (χ1) is 9.20. The molecule has 1 aliphatic heterocycles. The van der Waals surface area contributed by atoms with Crippen LogP contribution in [0.2, 0.25) is 0 Å². The molecule has 1 heterocycles. The Morgan fingerprint density at radius 2 is 2.05 bits per heavy atom. The van der Waals surface area contributed by atoms with E-state index in [1.807, 2.05) is 34.6 Å². The van der Waals surface area contributed by atoms with E-state index in [0.29, 0.717) is 24.7 Å². The van der Waals surface area contributed by atoms with Gasteiger partial charge in [0.05, 0.1) is 25.0 Å². The van der Waals surface area contributed by atoms with Crippen LogP contribution in [0, 0.1) is 0 Å². The number of thioether (sulfide) groups is 1. The van der Waals surface area contributed by atoms with E-state index in [2.05, 4.69) is 5.32 Å². The highest BCUT2D eigenvalue weighted by Crippen LogP contribution is 2.22. The molecule has 0 saturated carbocycles. The van der Waals surface area contributed by atoms with E-state index >= 15 is 0 Å². The molecule has 0 aromatic heterocycles. The van der Waals surface area contributed by atoms with E-state index in [1.165, 1.54) is 0 Å². The van der Waals surface area contributed by atoms with Crippen LogP contribution in [0.5, 0.6) is 0 Å². The van der Waals surface area contributed by atoms with Gasteiger partial charge >= 0.3 is 0 Å². The van der Waals surface area contributed by atoms with Crippen LogP contribution in [-0.4, -0.2) is 52.6 Å². The summed E-state index contributed by atoms with van der Waals surface area (Å²) in [6.45, 7) is 10.1. The van der Waals surface area contributed by atoms with Crippen molar-refractivity contribution in [2.24, 2.45) is 0 Å². The molecule has 0 aromatic carbocycles. The monoisotopic (exact) mass is 302 g/mol. The van der Waals surface area contributed by atoms with Crippen LogP contribution >= 0.6 is 11.8 Å². The molecular formula is C14H26N2O3S. The van der Waals surface area contributed by atoms with Crippen LogP contribution in [0.1, 0.15) is 41.0 Å². The van der Waals surface area contributed by atoms with Crippen molar-refractivity contribution in [3.05, 3.63) is 0 Å². The van der Waals surface area contributed by atoms with Crippen molar-refractivity contribution in [3.8, 4) is 0 Å². The molecule has 116 valence electrons. The van der Waals surface area contributed by atoms with Gasteiger partial charge in [-0.25, -0.2) is 0 Å². The molecule has 20 heavy (non-hydrogen) atoms. The fourth-order valence-corrected chi connectivity index (χ4v) is 3.06. The molecule has 1 rings (SSSR count).